The highest BCUT2D eigenvalue weighted by Gasteiger charge is 2.37. The van der Waals surface area contributed by atoms with E-state index >= 15 is 0 Å². The lowest BCUT2D eigenvalue weighted by Crippen LogP contribution is -2.50. The van der Waals surface area contributed by atoms with Gasteiger partial charge in [0.25, 0.3) is 0 Å². The van der Waals surface area contributed by atoms with Crippen molar-refractivity contribution >= 4 is 0 Å². The van der Waals surface area contributed by atoms with E-state index in [2.05, 4.69) is 23.1 Å². The normalized spacial score (nSPS) is 28.3. The van der Waals surface area contributed by atoms with Crippen LogP contribution in [0.4, 0.5) is 0 Å². The average Bonchev–Trinajstić information content (AvgIpc) is 2.89. The summed E-state index contributed by atoms with van der Waals surface area (Å²) < 4.78 is 1.96. The van der Waals surface area contributed by atoms with Crippen LogP contribution in [-0.4, -0.2) is 33.8 Å². The molecule has 1 aliphatic carbocycles. The highest BCUT2D eigenvalue weighted by molar-refractivity contribution is 5.22. The predicted octanol–water partition coefficient (Wildman–Crippen LogP) is 2.64. The van der Waals surface area contributed by atoms with Crippen LogP contribution >= 0.6 is 0 Å². The van der Waals surface area contributed by atoms with Gasteiger partial charge in [-0.2, -0.15) is 5.10 Å². The van der Waals surface area contributed by atoms with Gasteiger partial charge in [0.2, 0.25) is 0 Å². The van der Waals surface area contributed by atoms with Crippen LogP contribution in [0.5, 0.6) is 0 Å². The summed E-state index contributed by atoms with van der Waals surface area (Å²) in [7, 11) is 2.02. The van der Waals surface area contributed by atoms with Gasteiger partial charge in [0, 0.05) is 31.4 Å². The van der Waals surface area contributed by atoms with Crippen LogP contribution in [0.2, 0.25) is 0 Å². The number of hydrogen-bond acceptors (Lipinski definition) is 3. The molecule has 3 unspecified atom stereocenters. The molecule has 1 saturated carbocycles. The van der Waals surface area contributed by atoms with E-state index in [4.69, 9.17) is 5.73 Å². The van der Waals surface area contributed by atoms with Gasteiger partial charge in [-0.1, -0.05) is 19.8 Å². The number of fused-ring (bicyclic) bond motifs is 1. The van der Waals surface area contributed by atoms with Crippen LogP contribution < -0.4 is 5.73 Å². The summed E-state index contributed by atoms with van der Waals surface area (Å²) in [5.74, 6) is 0.906. The maximum atomic E-state index is 6.21. The number of nitrogens with zero attached hydrogens (tertiary/aromatic N) is 3. The molecule has 0 bridgehead atoms. The van der Waals surface area contributed by atoms with E-state index in [1.165, 1.54) is 56.3 Å². The summed E-state index contributed by atoms with van der Waals surface area (Å²) in [5, 5.41) is 4.63. The zero-order valence-electron chi connectivity index (χ0n) is 13.6. The average molecular weight is 290 g/mol. The first-order valence-corrected chi connectivity index (χ1v) is 8.72. The van der Waals surface area contributed by atoms with Gasteiger partial charge in [0.15, 0.2) is 0 Å². The molecule has 1 aromatic heterocycles. The number of piperidine rings is 1. The molecule has 2 aliphatic rings. The second-order valence-corrected chi connectivity index (χ2v) is 6.80. The van der Waals surface area contributed by atoms with Crippen molar-refractivity contribution in [2.45, 2.75) is 64.0 Å². The summed E-state index contributed by atoms with van der Waals surface area (Å²) in [6.07, 6.45) is 11.6. The fourth-order valence-corrected chi connectivity index (χ4v) is 4.60. The van der Waals surface area contributed by atoms with Gasteiger partial charge in [-0.15, -0.1) is 0 Å². The van der Waals surface area contributed by atoms with E-state index in [1.54, 1.807) is 0 Å². The van der Waals surface area contributed by atoms with Crippen LogP contribution in [0, 0.1) is 5.92 Å². The Morgan fingerprint density at radius 2 is 2.05 bits per heavy atom. The Labute approximate surface area is 128 Å². The first-order chi connectivity index (χ1) is 10.2. The van der Waals surface area contributed by atoms with Crippen molar-refractivity contribution in [1.82, 2.24) is 14.7 Å². The van der Waals surface area contributed by atoms with Gasteiger partial charge in [-0.05, 0) is 44.6 Å². The molecule has 0 aromatic carbocycles. The monoisotopic (exact) mass is 290 g/mol. The van der Waals surface area contributed by atoms with Crippen LogP contribution in [0.1, 0.15) is 62.7 Å². The summed E-state index contributed by atoms with van der Waals surface area (Å²) in [6, 6.07) is 1.12. The van der Waals surface area contributed by atoms with Crippen molar-refractivity contribution in [3.8, 4) is 0 Å². The Hall–Kier alpha value is -0.870. The molecule has 0 radical (unpaired) electrons. The number of aromatic nitrogens is 2. The fourth-order valence-electron chi connectivity index (χ4n) is 4.60. The van der Waals surface area contributed by atoms with Crippen molar-refractivity contribution < 1.29 is 0 Å². The van der Waals surface area contributed by atoms with Gasteiger partial charge in [-0.25, -0.2) is 0 Å². The van der Waals surface area contributed by atoms with Gasteiger partial charge in [0.05, 0.1) is 11.7 Å². The van der Waals surface area contributed by atoms with Gasteiger partial charge >= 0.3 is 0 Å². The quantitative estimate of drug-likeness (QED) is 0.927. The SMILES string of the molecule is CCc1nn(C)cc1C(CN)N1CCCC2CCCCC21. The van der Waals surface area contributed by atoms with E-state index in [-0.39, 0.29) is 0 Å². The molecule has 2 N–H and O–H groups in total. The van der Waals surface area contributed by atoms with Gasteiger partial charge < -0.3 is 5.73 Å². The Morgan fingerprint density at radius 3 is 2.81 bits per heavy atom. The van der Waals surface area contributed by atoms with Crippen LogP contribution in [0.15, 0.2) is 6.20 Å². The number of aryl methyl sites for hydroxylation is 2. The van der Waals surface area contributed by atoms with E-state index in [1.807, 2.05) is 11.7 Å². The maximum absolute atomic E-state index is 6.21. The summed E-state index contributed by atoms with van der Waals surface area (Å²) in [4.78, 5) is 2.73. The van der Waals surface area contributed by atoms with Gasteiger partial charge in [-0.3, -0.25) is 9.58 Å². The smallest absolute Gasteiger partial charge is 0.0670 e. The summed E-state index contributed by atoms with van der Waals surface area (Å²) >= 11 is 0. The van der Waals surface area contributed by atoms with Crippen molar-refractivity contribution in [3.63, 3.8) is 0 Å². The van der Waals surface area contributed by atoms with Crippen molar-refractivity contribution in [2.24, 2.45) is 18.7 Å². The first-order valence-electron chi connectivity index (χ1n) is 8.72. The maximum Gasteiger partial charge on any atom is 0.0670 e. The minimum Gasteiger partial charge on any atom is -0.329 e. The zero-order valence-corrected chi connectivity index (χ0v) is 13.6. The molecule has 1 saturated heterocycles. The lowest BCUT2D eigenvalue weighted by Gasteiger charge is -2.47. The molecule has 1 aromatic rings. The Bertz CT molecular complexity index is 465. The van der Waals surface area contributed by atoms with Crippen molar-refractivity contribution in [2.75, 3.05) is 13.1 Å². The van der Waals surface area contributed by atoms with E-state index in [0.717, 1.165) is 18.4 Å². The molecule has 3 atom stereocenters. The molecule has 0 amide bonds. The van der Waals surface area contributed by atoms with Crippen molar-refractivity contribution in [1.29, 1.82) is 0 Å². The third-order valence-corrected chi connectivity index (χ3v) is 5.54. The number of likely N-dealkylation sites (tertiary alicyclic amines) is 1. The van der Waals surface area contributed by atoms with E-state index in [9.17, 15) is 0 Å². The Balaban J connectivity index is 1.87. The topological polar surface area (TPSA) is 47.1 Å². The van der Waals surface area contributed by atoms with E-state index in [0.29, 0.717) is 12.6 Å². The Kier molecular flexibility index (Phi) is 4.65. The Morgan fingerprint density at radius 1 is 1.29 bits per heavy atom. The first kappa shape index (κ1) is 15.0. The largest absolute Gasteiger partial charge is 0.329 e. The van der Waals surface area contributed by atoms with E-state index < -0.39 is 0 Å². The molecular weight excluding hydrogens is 260 g/mol. The molecule has 4 nitrogen and oxygen atoms in total. The third kappa shape index (κ3) is 2.88. The third-order valence-electron chi connectivity index (χ3n) is 5.54. The number of nitrogens with two attached hydrogens (primary N) is 1. The second-order valence-electron chi connectivity index (χ2n) is 6.80. The lowest BCUT2D eigenvalue weighted by atomic mass is 9.77. The van der Waals surface area contributed by atoms with Crippen LogP contribution in [-0.2, 0) is 13.5 Å². The molecule has 21 heavy (non-hydrogen) atoms. The second kappa shape index (κ2) is 6.49. The van der Waals surface area contributed by atoms with Crippen LogP contribution in [0.3, 0.4) is 0 Å². The molecule has 2 heterocycles. The van der Waals surface area contributed by atoms with Crippen LogP contribution in [0.25, 0.3) is 0 Å². The number of rotatable bonds is 4. The molecule has 1 aliphatic heterocycles. The molecule has 3 rings (SSSR count). The molecule has 4 heteroatoms. The minimum absolute atomic E-state index is 0.361. The predicted molar refractivity (Wildman–Crippen MR) is 86.1 cm³/mol. The summed E-state index contributed by atoms with van der Waals surface area (Å²) in [5.41, 5.74) is 8.81. The number of hydrogen-bond donors (Lipinski definition) is 1. The van der Waals surface area contributed by atoms with Crippen molar-refractivity contribution in [3.05, 3.63) is 17.5 Å². The van der Waals surface area contributed by atoms with Gasteiger partial charge in [0.1, 0.15) is 0 Å². The molecule has 0 spiro atoms. The zero-order chi connectivity index (χ0) is 14.8. The highest BCUT2D eigenvalue weighted by atomic mass is 15.3. The molecule has 118 valence electrons. The lowest BCUT2D eigenvalue weighted by molar-refractivity contribution is 0.0273. The minimum atomic E-state index is 0.361. The molecular formula is C17H30N4. The standard InChI is InChI=1S/C17H30N4/c1-3-15-14(12-20(2)19-15)17(11-18)21-10-6-8-13-7-4-5-9-16(13)21/h12-13,16-17H,3-11,18H2,1-2H3. The molecule has 2 fully saturated rings. The summed E-state index contributed by atoms with van der Waals surface area (Å²) in [6.45, 7) is 4.11. The highest BCUT2D eigenvalue weighted by Crippen LogP contribution is 2.39. The fraction of sp³-hybridized carbons (Fsp3) is 0.824.